The Hall–Kier alpha value is -0.800. The molecule has 0 saturated heterocycles. The minimum absolute atomic E-state index is 0.738. The van der Waals surface area contributed by atoms with Gasteiger partial charge in [0.05, 0.1) is 13.2 Å². The maximum absolute atomic E-state index is 5.12. The van der Waals surface area contributed by atoms with Crippen molar-refractivity contribution in [3.63, 3.8) is 0 Å². The van der Waals surface area contributed by atoms with E-state index in [0.29, 0.717) is 0 Å². The molecule has 0 heterocycles. The monoisotopic (exact) mass is 227 g/mol. The molecule has 0 radical (unpaired) electrons. The van der Waals surface area contributed by atoms with Crippen molar-refractivity contribution in [2.24, 2.45) is 0 Å². The molecule has 0 saturated carbocycles. The first-order chi connectivity index (χ1) is 7.79. The maximum atomic E-state index is 5.12. The highest BCUT2D eigenvalue weighted by Crippen LogP contribution is 2.07. The number of hydrogen-bond acceptors (Lipinski definition) is 3. The summed E-state index contributed by atoms with van der Waals surface area (Å²) in [5.74, 6) is 0. The molecule has 3 nitrogen and oxygen atoms in total. The predicted molar refractivity (Wildman–Crippen MR) is 68.5 cm³/mol. The van der Waals surface area contributed by atoms with Crippen LogP contribution in [0.25, 0.3) is 0 Å². The van der Waals surface area contributed by atoms with Crippen LogP contribution >= 0.6 is 0 Å². The molecule has 3 heteroatoms. The molecule has 0 aliphatic heterocycles. The van der Waals surface area contributed by atoms with E-state index in [1.165, 1.54) is 5.70 Å². The van der Waals surface area contributed by atoms with Crippen LogP contribution in [-0.2, 0) is 9.47 Å². The molecule has 0 aliphatic carbocycles. The quantitative estimate of drug-likeness (QED) is 0.565. The first kappa shape index (κ1) is 15.2. The second-order valence-corrected chi connectivity index (χ2v) is 3.51. The molecule has 0 N–H and O–H groups in total. The fraction of sp³-hybridized carbons (Fsp3) is 0.692. The zero-order valence-corrected chi connectivity index (χ0v) is 11.0. The largest absolute Gasteiger partial charge is 0.383 e. The average Bonchev–Trinajstić information content (AvgIpc) is 2.29. The molecule has 0 spiro atoms. The van der Waals surface area contributed by atoms with Crippen molar-refractivity contribution in [3.05, 3.63) is 23.9 Å². The third-order valence-corrected chi connectivity index (χ3v) is 2.25. The van der Waals surface area contributed by atoms with Crippen molar-refractivity contribution in [1.82, 2.24) is 4.90 Å². The Morgan fingerprint density at radius 3 is 2.06 bits per heavy atom. The molecular weight excluding hydrogens is 202 g/mol. The summed E-state index contributed by atoms with van der Waals surface area (Å²) >= 11 is 0. The van der Waals surface area contributed by atoms with E-state index in [9.17, 15) is 0 Å². The summed E-state index contributed by atoms with van der Waals surface area (Å²) in [4.78, 5) is 2.29. The fourth-order valence-electron chi connectivity index (χ4n) is 1.46. The van der Waals surface area contributed by atoms with Gasteiger partial charge in [-0.1, -0.05) is 19.1 Å². The van der Waals surface area contributed by atoms with Crippen LogP contribution in [0.5, 0.6) is 0 Å². The van der Waals surface area contributed by atoms with Crippen LogP contribution in [0.1, 0.15) is 20.3 Å². The van der Waals surface area contributed by atoms with Crippen molar-refractivity contribution in [3.8, 4) is 0 Å². The van der Waals surface area contributed by atoms with Crippen molar-refractivity contribution < 1.29 is 9.47 Å². The number of methoxy groups -OCH3 is 2. The topological polar surface area (TPSA) is 21.7 Å². The van der Waals surface area contributed by atoms with Crippen LogP contribution in [0.4, 0.5) is 0 Å². The van der Waals surface area contributed by atoms with E-state index < -0.39 is 0 Å². The third-order valence-electron chi connectivity index (χ3n) is 2.25. The van der Waals surface area contributed by atoms with Crippen LogP contribution in [0, 0.1) is 0 Å². The van der Waals surface area contributed by atoms with Crippen molar-refractivity contribution in [2.75, 3.05) is 40.5 Å². The van der Waals surface area contributed by atoms with Gasteiger partial charge in [0, 0.05) is 33.0 Å². The van der Waals surface area contributed by atoms with Crippen molar-refractivity contribution in [2.45, 2.75) is 20.3 Å². The zero-order valence-electron chi connectivity index (χ0n) is 11.0. The summed E-state index contributed by atoms with van der Waals surface area (Å²) in [6.07, 6.45) is 7.46. The van der Waals surface area contributed by atoms with Gasteiger partial charge in [0.1, 0.15) is 0 Å². The highest BCUT2D eigenvalue weighted by molar-refractivity contribution is 5.17. The van der Waals surface area contributed by atoms with Crippen LogP contribution in [0.3, 0.4) is 0 Å². The van der Waals surface area contributed by atoms with Gasteiger partial charge in [-0.3, -0.25) is 0 Å². The van der Waals surface area contributed by atoms with E-state index in [1.54, 1.807) is 14.2 Å². The Kier molecular flexibility index (Phi) is 10.2. The van der Waals surface area contributed by atoms with Crippen LogP contribution in [0.15, 0.2) is 23.9 Å². The van der Waals surface area contributed by atoms with E-state index in [2.05, 4.69) is 30.1 Å². The molecule has 16 heavy (non-hydrogen) atoms. The molecule has 0 unspecified atom stereocenters. The van der Waals surface area contributed by atoms with Gasteiger partial charge in [0.25, 0.3) is 0 Å². The summed E-state index contributed by atoms with van der Waals surface area (Å²) in [5, 5.41) is 0. The van der Waals surface area contributed by atoms with Crippen LogP contribution < -0.4 is 0 Å². The third kappa shape index (κ3) is 6.64. The first-order valence-electron chi connectivity index (χ1n) is 5.85. The number of rotatable bonds is 9. The average molecular weight is 227 g/mol. The molecule has 0 aliphatic rings. The van der Waals surface area contributed by atoms with Crippen LogP contribution in [0.2, 0.25) is 0 Å². The lowest BCUT2D eigenvalue weighted by molar-refractivity contribution is 0.133. The fourth-order valence-corrected chi connectivity index (χ4v) is 1.46. The molecule has 0 aromatic rings. The molecule has 0 rings (SSSR count). The van der Waals surface area contributed by atoms with Crippen molar-refractivity contribution in [1.29, 1.82) is 0 Å². The van der Waals surface area contributed by atoms with Gasteiger partial charge in [-0.2, -0.15) is 0 Å². The molecule has 0 atom stereocenters. The standard InChI is InChI=1S/C13H25NO2/c1-5-7-13(8-6-2)14(9-11-15-3)10-12-16-4/h5,7-8H,6,9-12H2,1-4H3/b7-5-,13-8+. The summed E-state index contributed by atoms with van der Waals surface area (Å²) in [6.45, 7) is 7.46. The zero-order chi connectivity index (χ0) is 12.2. The number of allylic oxidation sites excluding steroid dienone is 3. The van der Waals surface area contributed by atoms with Gasteiger partial charge in [-0.25, -0.2) is 0 Å². The lowest BCUT2D eigenvalue weighted by Crippen LogP contribution is -2.29. The van der Waals surface area contributed by atoms with E-state index in [4.69, 9.17) is 9.47 Å². The van der Waals surface area contributed by atoms with Gasteiger partial charge >= 0.3 is 0 Å². The van der Waals surface area contributed by atoms with E-state index in [0.717, 1.165) is 32.7 Å². The Morgan fingerprint density at radius 1 is 1.12 bits per heavy atom. The summed E-state index contributed by atoms with van der Waals surface area (Å²) in [6, 6.07) is 0. The summed E-state index contributed by atoms with van der Waals surface area (Å²) < 4.78 is 10.2. The smallest absolute Gasteiger partial charge is 0.0637 e. The Balaban J connectivity index is 4.46. The number of hydrogen-bond donors (Lipinski definition) is 0. The molecule has 0 fully saturated rings. The minimum Gasteiger partial charge on any atom is -0.383 e. The van der Waals surface area contributed by atoms with Gasteiger partial charge in [-0.15, -0.1) is 0 Å². The molecule has 94 valence electrons. The maximum Gasteiger partial charge on any atom is 0.0637 e. The number of ether oxygens (including phenoxy) is 2. The summed E-state index contributed by atoms with van der Waals surface area (Å²) in [5.41, 5.74) is 1.25. The molecule has 0 aromatic heterocycles. The normalized spacial score (nSPS) is 12.4. The van der Waals surface area contributed by atoms with E-state index in [1.807, 2.05) is 6.92 Å². The Labute approximate surface area is 99.7 Å². The van der Waals surface area contributed by atoms with E-state index >= 15 is 0 Å². The summed E-state index contributed by atoms with van der Waals surface area (Å²) in [7, 11) is 3.46. The van der Waals surface area contributed by atoms with Gasteiger partial charge < -0.3 is 14.4 Å². The molecular formula is C13H25NO2. The Bertz CT molecular complexity index is 204. The van der Waals surface area contributed by atoms with Gasteiger partial charge in [0.15, 0.2) is 0 Å². The minimum atomic E-state index is 0.738. The van der Waals surface area contributed by atoms with Gasteiger partial charge in [0.2, 0.25) is 0 Å². The molecule has 0 amide bonds. The highest BCUT2D eigenvalue weighted by atomic mass is 16.5. The molecule has 0 aromatic carbocycles. The molecule has 0 bridgehead atoms. The lowest BCUT2D eigenvalue weighted by atomic mass is 10.2. The Morgan fingerprint density at radius 2 is 1.69 bits per heavy atom. The van der Waals surface area contributed by atoms with E-state index in [-0.39, 0.29) is 0 Å². The second-order valence-electron chi connectivity index (χ2n) is 3.51. The number of nitrogens with zero attached hydrogens (tertiary/aromatic N) is 1. The first-order valence-corrected chi connectivity index (χ1v) is 5.85. The second kappa shape index (κ2) is 10.7. The van der Waals surface area contributed by atoms with Crippen LogP contribution in [-0.4, -0.2) is 45.4 Å². The van der Waals surface area contributed by atoms with Crippen molar-refractivity contribution >= 4 is 0 Å². The predicted octanol–water partition coefficient (Wildman–Crippen LogP) is 2.45. The lowest BCUT2D eigenvalue weighted by Gasteiger charge is -2.25. The van der Waals surface area contributed by atoms with Gasteiger partial charge in [-0.05, 0) is 19.4 Å². The highest BCUT2D eigenvalue weighted by Gasteiger charge is 2.05. The SMILES string of the molecule is C/C=C\C(=C/CC)N(CCOC)CCOC.